The highest BCUT2D eigenvalue weighted by Crippen LogP contribution is 2.56. The second-order valence-corrected chi connectivity index (χ2v) is 16.3. The normalized spacial score (nSPS) is 14.1. The molecule has 0 amide bonds. The lowest BCUT2D eigenvalue weighted by Gasteiger charge is -2.26. The maximum Gasteiger partial charge on any atom is 0.190 e. The van der Waals surface area contributed by atoms with Gasteiger partial charge in [0.05, 0.1) is 76.7 Å². The van der Waals surface area contributed by atoms with E-state index in [0.717, 1.165) is 29.1 Å². The highest BCUT2D eigenvalue weighted by molar-refractivity contribution is 7.99. The van der Waals surface area contributed by atoms with E-state index in [1.807, 2.05) is 13.0 Å². The Labute approximate surface area is 332 Å². The second-order valence-electron chi connectivity index (χ2n) is 13.8. The van der Waals surface area contributed by atoms with Gasteiger partial charge >= 0.3 is 0 Å². The number of thioether (sulfide) groups is 2. The molecule has 0 radical (unpaired) electrons. The van der Waals surface area contributed by atoms with Crippen LogP contribution in [0.3, 0.4) is 0 Å². The molecule has 5 aromatic rings. The number of hydrogen-bond acceptors (Lipinski definition) is 14. The highest BCUT2D eigenvalue weighted by atomic mass is 32.2. The molecule has 12 nitrogen and oxygen atoms in total. The summed E-state index contributed by atoms with van der Waals surface area (Å²) in [6, 6.07) is 2.69. The summed E-state index contributed by atoms with van der Waals surface area (Å²) in [5.74, 6) is 1.41. The van der Waals surface area contributed by atoms with E-state index in [1.54, 1.807) is 23.5 Å². The predicted octanol–water partition coefficient (Wildman–Crippen LogP) is 4.51. The van der Waals surface area contributed by atoms with E-state index in [1.165, 1.54) is 26.2 Å². The zero-order valence-corrected chi connectivity index (χ0v) is 33.6. The molecule has 1 aliphatic carbocycles. The number of anilines is 1. The number of phenolic OH excluding ortho intramolecular Hbond substituents is 1. The number of rotatable bonds is 22. The number of aliphatic hydroxyl groups is 4. The van der Waals surface area contributed by atoms with Crippen LogP contribution >= 0.6 is 23.5 Å². The standard InChI is InChI=1S/C42H49NO11S2/c1-22-17-27-26(5-4-13-55-15-11-53-9-7-44)40(43-6-14-56-16-12-54-10-8-45)34-28(49)18-24(20-46)31-32-25(21-47)19-29(50)35-37(32)38(33(27)36(31)34)39(30(22)23(2)48)42(52-3)41(35)51/h17-19,30,43-47,51H,4-16,20-21H2,1-3H3. The lowest BCUT2D eigenvalue weighted by atomic mass is 9.78. The molecular weight excluding hydrogens is 759 g/mol. The van der Waals surface area contributed by atoms with Gasteiger partial charge in [-0.1, -0.05) is 11.6 Å². The van der Waals surface area contributed by atoms with Crippen molar-refractivity contribution in [3.05, 3.63) is 66.0 Å². The lowest BCUT2D eigenvalue weighted by molar-refractivity contribution is -0.117. The number of carbonyl (C=O) groups is 1. The summed E-state index contributed by atoms with van der Waals surface area (Å²) < 4.78 is 16.7. The number of benzene rings is 5. The molecule has 5 aromatic carbocycles. The summed E-state index contributed by atoms with van der Waals surface area (Å²) in [7, 11) is 1.38. The first-order valence-corrected chi connectivity index (χ1v) is 21.1. The van der Waals surface area contributed by atoms with Crippen LogP contribution in [0.5, 0.6) is 11.5 Å². The summed E-state index contributed by atoms with van der Waals surface area (Å²) in [5, 5.41) is 58.4. The van der Waals surface area contributed by atoms with Gasteiger partial charge in [0.2, 0.25) is 0 Å². The van der Waals surface area contributed by atoms with Crippen molar-refractivity contribution in [2.45, 2.75) is 45.8 Å². The van der Waals surface area contributed by atoms with E-state index in [9.17, 15) is 29.7 Å². The van der Waals surface area contributed by atoms with Gasteiger partial charge in [-0.25, -0.2) is 0 Å². The average molecular weight is 808 g/mol. The molecule has 0 heterocycles. The lowest BCUT2D eigenvalue weighted by Crippen LogP contribution is -2.16. The van der Waals surface area contributed by atoms with Gasteiger partial charge < -0.3 is 45.1 Å². The van der Waals surface area contributed by atoms with Gasteiger partial charge in [0.1, 0.15) is 5.78 Å². The number of ketones is 1. The predicted molar refractivity (Wildman–Crippen MR) is 226 cm³/mol. The maximum absolute atomic E-state index is 14.5. The number of ether oxygens (including phenoxy) is 3. The van der Waals surface area contributed by atoms with Crippen LogP contribution in [0.2, 0.25) is 0 Å². The van der Waals surface area contributed by atoms with Gasteiger partial charge in [-0.05, 0) is 88.4 Å². The Hall–Kier alpha value is -3.73. The Bertz CT molecular complexity index is 2380. The number of fused-ring (bicyclic) bond motifs is 1. The Morgan fingerprint density at radius 3 is 1.93 bits per heavy atom. The van der Waals surface area contributed by atoms with E-state index >= 15 is 0 Å². The number of nitrogens with one attached hydrogen (secondary N) is 1. The van der Waals surface area contributed by atoms with Gasteiger partial charge in [-0.15, -0.1) is 0 Å². The quantitative estimate of drug-likeness (QED) is 0.0325. The molecule has 6 N–H and O–H groups in total. The molecule has 0 aliphatic heterocycles. The summed E-state index contributed by atoms with van der Waals surface area (Å²) in [6.45, 7) is 4.28. The SMILES string of the molecule is COc1c(O)c2c(=O)cc(CO)c3c4c(CO)cc(=O)c5c(NCCSCCOCCO)c(CCCSCCOCCO)c6c(c(c1C(C(C)=O)C(C)=C6)c23)c54. The summed E-state index contributed by atoms with van der Waals surface area (Å²) >= 11 is 3.39. The Balaban J connectivity index is 1.71. The first-order valence-electron chi connectivity index (χ1n) is 18.8. The minimum atomic E-state index is -0.879. The van der Waals surface area contributed by atoms with Gasteiger partial charge in [0, 0.05) is 45.8 Å². The summed E-state index contributed by atoms with van der Waals surface area (Å²) in [4.78, 5) is 42.2. The summed E-state index contributed by atoms with van der Waals surface area (Å²) in [6.07, 6.45) is 3.25. The number of aromatic hydroxyl groups is 1. The van der Waals surface area contributed by atoms with Crippen LogP contribution in [0.25, 0.3) is 49.2 Å². The molecular formula is C42H49NO11S2. The molecule has 6 rings (SSSR count). The van der Waals surface area contributed by atoms with Gasteiger partial charge in [0.15, 0.2) is 22.4 Å². The molecule has 0 spiro atoms. The minimum absolute atomic E-state index is 0.00563. The van der Waals surface area contributed by atoms with E-state index in [2.05, 4.69) is 5.32 Å². The topological polar surface area (TPSA) is 192 Å². The van der Waals surface area contributed by atoms with Crippen molar-refractivity contribution in [3.8, 4) is 11.5 Å². The van der Waals surface area contributed by atoms with Crippen LogP contribution in [0.4, 0.5) is 5.69 Å². The third-order valence-corrected chi connectivity index (χ3v) is 12.4. The maximum atomic E-state index is 14.5. The third-order valence-electron chi connectivity index (χ3n) is 10.4. The van der Waals surface area contributed by atoms with Crippen molar-refractivity contribution in [1.82, 2.24) is 0 Å². The van der Waals surface area contributed by atoms with Crippen molar-refractivity contribution < 1.29 is 44.5 Å². The molecule has 1 atom stereocenters. The fourth-order valence-electron chi connectivity index (χ4n) is 8.34. The number of allylic oxidation sites excluding steroid dienone is 1. The second kappa shape index (κ2) is 18.7. The minimum Gasteiger partial charge on any atom is -0.504 e. The molecule has 300 valence electrons. The number of carbonyl (C=O) groups excluding carboxylic acids is 1. The Morgan fingerprint density at radius 2 is 1.36 bits per heavy atom. The number of methoxy groups -OCH3 is 1. The number of Topliss-reactive ketones (excluding diaryl/α,β-unsaturated/α-hetero) is 1. The van der Waals surface area contributed by atoms with Gasteiger partial charge in [-0.2, -0.15) is 23.5 Å². The smallest absolute Gasteiger partial charge is 0.190 e. The molecule has 0 saturated heterocycles. The average Bonchev–Trinajstić information content (AvgIpc) is 3.31. The zero-order chi connectivity index (χ0) is 40.1. The first kappa shape index (κ1) is 41.9. The first-order chi connectivity index (χ1) is 27.2. The fraction of sp³-hybridized carbons (Fsp3) is 0.452. The molecule has 0 fully saturated rings. The van der Waals surface area contributed by atoms with E-state index in [0.29, 0.717) is 97.8 Å². The van der Waals surface area contributed by atoms with Crippen molar-refractivity contribution >= 4 is 84.2 Å². The van der Waals surface area contributed by atoms with Crippen molar-refractivity contribution in [2.75, 3.05) is 81.6 Å². The van der Waals surface area contributed by atoms with Crippen LogP contribution in [-0.2, 0) is 33.9 Å². The van der Waals surface area contributed by atoms with Crippen LogP contribution in [0.1, 0.15) is 54.0 Å². The number of hydrogen-bond donors (Lipinski definition) is 6. The van der Waals surface area contributed by atoms with Crippen molar-refractivity contribution in [1.29, 1.82) is 0 Å². The van der Waals surface area contributed by atoms with E-state index in [4.69, 9.17) is 24.4 Å². The number of phenols is 1. The molecule has 14 heteroatoms. The molecule has 1 unspecified atom stereocenters. The van der Waals surface area contributed by atoms with E-state index in [-0.39, 0.29) is 54.3 Å². The van der Waals surface area contributed by atoms with E-state index < -0.39 is 30.3 Å². The summed E-state index contributed by atoms with van der Waals surface area (Å²) in [5.41, 5.74) is 3.06. The molecule has 1 aliphatic rings. The van der Waals surface area contributed by atoms with Crippen molar-refractivity contribution in [2.24, 2.45) is 0 Å². The van der Waals surface area contributed by atoms with Crippen LogP contribution in [-0.4, -0.2) is 108 Å². The van der Waals surface area contributed by atoms with Crippen LogP contribution in [0, 0.1) is 0 Å². The van der Waals surface area contributed by atoms with Crippen LogP contribution in [0.15, 0.2) is 27.3 Å². The monoisotopic (exact) mass is 807 g/mol. The van der Waals surface area contributed by atoms with Crippen LogP contribution < -0.4 is 20.9 Å². The van der Waals surface area contributed by atoms with Crippen molar-refractivity contribution in [3.63, 3.8) is 0 Å². The molecule has 56 heavy (non-hydrogen) atoms. The molecule has 0 bridgehead atoms. The molecule has 0 aromatic heterocycles. The highest BCUT2D eigenvalue weighted by Gasteiger charge is 2.36. The third kappa shape index (κ3) is 7.65. The van der Waals surface area contributed by atoms with Gasteiger partial charge in [-0.3, -0.25) is 14.4 Å². The Kier molecular flexibility index (Phi) is 14.0. The van der Waals surface area contributed by atoms with Gasteiger partial charge in [0.25, 0.3) is 0 Å². The zero-order valence-electron chi connectivity index (χ0n) is 31.9. The largest absolute Gasteiger partial charge is 0.504 e. The number of aliphatic hydroxyl groups excluding tert-OH is 4. The Morgan fingerprint density at radius 1 is 0.768 bits per heavy atom. The fourth-order valence-corrected chi connectivity index (χ4v) is 9.81. The molecule has 0 saturated carbocycles.